The molecule has 9 nitrogen and oxygen atoms in total. The third kappa shape index (κ3) is 4.57. The standard InChI is InChI=1S/C31H37FN6O3/c1-31(40,20-7-8-20)26-9-6-18-11-24(38(28(18)35-26)14-17-4-5-17)29-34-23-10-19(12-25(41-3)27(23)36(29)2)30(39)37-15-21(32)13-22(33)16-37/h6,9-12,17,20-22,40H,4-5,7-8,13-16,33H2,1-3H3/t21-,22-,31?/m1/s1. The van der Waals surface area contributed by atoms with Crippen molar-refractivity contribution in [3.63, 3.8) is 0 Å². The molecule has 3 N–H and O–H groups in total. The van der Waals surface area contributed by atoms with Gasteiger partial charge >= 0.3 is 0 Å². The second-order valence-electron chi connectivity index (χ2n) is 12.5. The molecule has 4 aromatic rings. The Hall–Kier alpha value is -3.50. The molecule has 1 aromatic carbocycles. The van der Waals surface area contributed by atoms with Crippen LogP contribution in [0.1, 0.15) is 55.1 Å². The van der Waals surface area contributed by atoms with Crippen molar-refractivity contribution in [1.29, 1.82) is 0 Å². The highest BCUT2D eigenvalue weighted by atomic mass is 19.1. The minimum absolute atomic E-state index is 0.0320. The van der Waals surface area contributed by atoms with E-state index < -0.39 is 11.8 Å². The minimum atomic E-state index is -1.13. The number of nitrogens with two attached hydrogens (primary N) is 1. The molecule has 1 unspecified atom stereocenters. The molecule has 7 rings (SSSR count). The number of fused-ring (bicyclic) bond motifs is 2. The number of carbonyl (C=O) groups excluding carboxylic acids is 1. The van der Waals surface area contributed by atoms with Crippen LogP contribution in [0.5, 0.6) is 5.75 Å². The van der Waals surface area contributed by atoms with Crippen LogP contribution in [0.2, 0.25) is 0 Å². The molecule has 0 spiro atoms. The average molecular weight is 561 g/mol. The fourth-order valence-corrected chi connectivity index (χ4v) is 6.43. The first-order valence-electron chi connectivity index (χ1n) is 14.6. The van der Waals surface area contributed by atoms with E-state index in [4.69, 9.17) is 20.4 Å². The van der Waals surface area contributed by atoms with Crippen molar-refractivity contribution >= 4 is 28.0 Å². The number of benzene rings is 1. The Balaban J connectivity index is 1.34. The number of alkyl halides is 1. The van der Waals surface area contributed by atoms with Crippen molar-refractivity contribution in [3.05, 3.63) is 41.6 Å². The van der Waals surface area contributed by atoms with Crippen LogP contribution in [0.15, 0.2) is 30.3 Å². The van der Waals surface area contributed by atoms with E-state index in [0.717, 1.165) is 47.5 Å². The highest BCUT2D eigenvalue weighted by molar-refractivity contribution is 6.00. The lowest BCUT2D eigenvalue weighted by atomic mass is 9.95. The Labute approximate surface area is 238 Å². The molecule has 41 heavy (non-hydrogen) atoms. The number of nitrogens with zero attached hydrogens (tertiary/aromatic N) is 5. The predicted molar refractivity (Wildman–Crippen MR) is 154 cm³/mol. The Bertz CT molecular complexity index is 1660. The van der Waals surface area contributed by atoms with Gasteiger partial charge in [-0.25, -0.2) is 14.4 Å². The lowest BCUT2D eigenvalue weighted by molar-refractivity contribution is 0.0289. The molecule has 3 atom stereocenters. The molecule has 2 aliphatic carbocycles. The summed E-state index contributed by atoms with van der Waals surface area (Å²) in [6, 6.07) is 9.17. The van der Waals surface area contributed by atoms with Gasteiger partial charge in [-0.1, -0.05) is 0 Å². The number of rotatable bonds is 7. The van der Waals surface area contributed by atoms with Gasteiger partial charge in [-0.2, -0.15) is 0 Å². The predicted octanol–water partition coefficient (Wildman–Crippen LogP) is 4.14. The van der Waals surface area contributed by atoms with Crippen LogP contribution < -0.4 is 10.5 Å². The number of piperidine rings is 1. The third-order valence-electron chi connectivity index (χ3n) is 9.12. The summed E-state index contributed by atoms with van der Waals surface area (Å²) in [5.74, 6) is 1.82. The summed E-state index contributed by atoms with van der Waals surface area (Å²) >= 11 is 0. The smallest absolute Gasteiger partial charge is 0.254 e. The zero-order valence-corrected chi connectivity index (χ0v) is 23.8. The van der Waals surface area contributed by atoms with Gasteiger partial charge in [0.2, 0.25) is 0 Å². The van der Waals surface area contributed by atoms with E-state index in [1.165, 1.54) is 17.7 Å². The Kier molecular flexibility index (Phi) is 6.13. The molecular formula is C31H37FN6O3. The summed E-state index contributed by atoms with van der Waals surface area (Å²) in [5.41, 5.74) is 9.33. The van der Waals surface area contributed by atoms with E-state index in [-0.39, 0.29) is 30.8 Å². The van der Waals surface area contributed by atoms with E-state index in [0.29, 0.717) is 35.0 Å². The Morgan fingerprint density at radius 3 is 2.63 bits per heavy atom. The summed E-state index contributed by atoms with van der Waals surface area (Å²) in [4.78, 5) is 24.9. The van der Waals surface area contributed by atoms with Crippen LogP contribution in [0.4, 0.5) is 4.39 Å². The summed E-state index contributed by atoms with van der Waals surface area (Å²) in [7, 11) is 3.52. The number of aliphatic hydroxyl groups is 1. The minimum Gasteiger partial charge on any atom is -0.494 e. The van der Waals surface area contributed by atoms with Gasteiger partial charge in [0, 0.05) is 37.1 Å². The Morgan fingerprint density at radius 1 is 1.17 bits per heavy atom. The maximum Gasteiger partial charge on any atom is 0.254 e. The number of hydrogen-bond acceptors (Lipinski definition) is 6. The highest BCUT2D eigenvalue weighted by Gasteiger charge is 2.42. The number of carbonyl (C=O) groups is 1. The monoisotopic (exact) mass is 560 g/mol. The van der Waals surface area contributed by atoms with Gasteiger partial charge in [0.1, 0.15) is 28.7 Å². The van der Waals surface area contributed by atoms with Gasteiger partial charge in [0.15, 0.2) is 5.82 Å². The normalized spacial score (nSPS) is 22.8. The molecule has 1 amide bonds. The zero-order chi connectivity index (χ0) is 28.6. The molecule has 3 aliphatic rings. The number of likely N-dealkylation sites (tertiary alicyclic amines) is 1. The summed E-state index contributed by atoms with van der Waals surface area (Å²) < 4.78 is 24.2. The number of pyridine rings is 1. The van der Waals surface area contributed by atoms with Crippen LogP contribution in [-0.2, 0) is 19.2 Å². The zero-order valence-electron chi connectivity index (χ0n) is 23.8. The number of aromatic nitrogens is 4. The fourth-order valence-electron chi connectivity index (χ4n) is 6.43. The molecule has 1 aliphatic heterocycles. The van der Waals surface area contributed by atoms with Crippen LogP contribution >= 0.6 is 0 Å². The van der Waals surface area contributed by atoms with E-state index in [9.17, 15) is 14.3 Å². The summed E-state index contributed by atoms with van der Waals surface area (Å²) in [6.45, 7) is 3.04. The van der Waals surface area contributed by atoms with Crippen molar-refractivity contribution in [2.24, 2.45) is 24.6 Å². The van der Waals surface area contributed by atoms with Crippen LogP contribution in [0, 0.1) is 11.8 Å². The van der Waals surface area contributed by atoms with E-state index in [1.54, 1.807) is 19.2 Å². The molecule has 4 heterocycles. The number of ether oxygens (including phenoxy) is 1. The number of hydrogen-bond donors (Lipinski definition) is 2. The molecule has 1 saturated heterocycles. The molecule has 0 radical (unpaired) electrons. The quantitative estimate of drug-likeness (QED) is 0.352. The molecule has 216 valence electrons. The third-order valence-corrected chi connectivity index (χ3v) is 9.12. The second-order valence-corrected chi connectivity index (χ2v) is 12.5. The molecular weight excluding hydrogens is 523 g/mol. The maximum absolute atomic E-state index is 14.2. The number of methoxy groups -OCH3 is 1. The number of imidazole rings is 1. The van der Waals surface area contributed by atoms with Crippen LogP contribution in [-0.4, -0.2) is 67.4 Å². The van der Waals surface area contributed by atoms with Crippen molar-refractivity contribution < 1.29 is 19.0 Å². The first-order chi connectivity index (χ1) is 19.6. The summed E-state index contributed by atoms with van der Waals surface area (Å²) in [6.07, 6.45) is 3.53. The van der Waals surface area contributed by atoms with Crippen molar-refractivity contribution in [1.82, 2.24) is 24.0 Å². The van der Waals surface area contributed by atoms with Crippen LogP contribution in [0.3, 0.4) is 0 Å². The van der Waals surface area contributed by atoms with Crippen molar-refractivity contribution in [3.8, 4) is 17.3 Å². The lowest BCUT2D eigenvalue weighted by Crippen LogP contribution is -2.50. The van der Waals surface area contributed by atoms with Gasteiger partial charge in [0.05, 0.1) is 30.6 Å². The number of aryl methyl sites for hydroxylation is 1. The topological polar surface area (TPSA) is 111 Å². The first-order valence-corrected chi connectivity index (χ1v) is 14.6. The van der Waals surface area contributed by atoms with Gasteiger partial charge < -0.3 is 29.6 Å². The van der Waals surface area contributed by atoms with Gasteiger partial charge in [-0.3, -0.25) is 4.79 Å². The lowest BCUT2D eigenvalue weighted by Gasteiger charge is -2.33. The van der Waals surface area contributed by atoms with Crippen molar-refractivity contribution in [2.45, 2.75) is 63.4 Å². The second kappa shape index (κ2) is 9.52. The van der Waals surface area contributed by atoms with E-state index >= 15 is 0 Å². The SMILES string of the molecule is COc1cc(C(=O)N2C[C@H](N)C[C@@H](F)C2)cc2nc(-c3cc4ccc(C(C)(O)C5CC5)nc4n3CC3CC3)n(C)c12. The maximum atomic E-state index is 14.2. The average Bonchev–Trinajstić information content (AvgIpc) is 3.87. The van der Waals surface area contributed by atoms with E-state index in [2.05, 4.69) is 10.6 Å². The molecule has 10 heteroatoms. The molecule has 0 bridgehead atoms. The molecule has 3 aromatic heterocycles. The van der Waals surface area contributed by atoms with Crippen molar-refractivity contribution in [2.75, 3.05) is 20.2 Å². The first kappa shape index (κ1) is 26.4. The van der Waals surface area contributed by atoms with E-state index in [1.807, 2.05) is 30.7 Å². The molecule has 2 saturated carbocycles. The van der Waals surface area contributed by atoms with Crippen LogP contribution in [0.25, 0.3) is 33.6 Å². The summed E-state index contributed by atoms with van der Waals surface area (Å²) in [5, 5.41) is 12.2. The molecule has 3 fully saturated rings. The number of amides is 1. The fraction of sp³-hybridized carbons (Fsp3) is 0.516. The van der Waals surface area contributed by atoms with Gasteiger partial charge in [0.25, 0.3) is 5.91 Å². The van der Waals surface area contributed by atoms with Gasteiger partial charge in [-0.05, 0) is 81.2 Å². The Morgan fingerprint density at radius 2 is 1.95 bits per heavy atom. The van der Waals surface area contributed by atoms with Gasteiger partial charge in [-0.15, -0.1) is 0 Å². The largest absolute Gasteiger partial charge is 0.494 e. The number of halogens is 1. The highest BCUT2D eigenvalue weighted by Crippen LogP contribution is 2.45.